The van der Waals surface area contributed by atoms with Crippen molar-refractivity contribution in [3.63, 3.8) is 0 Å². The molecule has 3 aromatic carbocycles. The molecule has 3 aromatic rings. The van der Waals surface area contributed by atoms with E-state index in [1.165, 1.54) is 17.7 Å². The molecule has 1 saturated heterocycles. The highest BCUT2D eigenvalue weighted by molar-refractivity contribution is 8.18. The van der Waals surface area contributed by atoms with Crippen LogP contribution in [0.2, 0.25) is 0 Å². The Morgan fingerprint density at radius 1 is 0.946 bits per heavy atom. The van der Waals surface area contributed by atoms with Crippen molar-refractivity contribution in [1.82, 2.24) is 9.80 Å². The Morgan fingerprint density at radius 3 is 2.41 bits per heavy atom. The highest BCUT2D eigenvalue weighted by Gasteiger charge is 2.36. The third kappa shape index (κ3) is 5.32. The predicted molar refractivity (Wildman–Crippen MR) is 134 cm³/mol. The van der Waals surface area contributed by atoms with E-state index in [0.29, 0.717) is 24.2 Å². The molecule has 0 aromatic heterocycles. The van der Waals surface area contributed by atoms with Gasteiger partial charge in [-0.1, -0.05) is 48.5 Å². The first-order valence-electron chi connectivity index (χ1n) is 11.6. The van der Waals surface area contributed by atoms with Crippen LogP contribution in [-0.4, -0.2) is 33.4 Å². The van der Waals surface area contributed by atoms with Crippen LogP contribution in [0.1, 0.15) is 38.2 Å². The van der Waals surface area contributed by atoms with Gasteiger partial charge in [-0.3, -0.25) is 19.3 Å². The van der Waals surface area contributed by atoms with Crippen molar-refractivity contribution in [3.05, 3.63) is 111 Å². The van der Waals surface area contributed by atoms with Crippen molar-refractivity contribution in [3.8, 4) is 0 Å². The lowest BCUT2D eigenvalue weighted by Gasteiger charge is -2.29. The normalized spacial score (nSPS) is 16.9. The monoisotopic (exact) mass is 522 g/mol. The van der Waals surface area contributed by atoms with Gasteiger partial charge in [-0.25, -0.2) is 0 Å². The predicted octanol–water partition coefficient (Wildman–Crippen LogP) is 6.14. The fraction of sp³-hybridized carbons (Fsp3) is 0.179. The Labute approximate surface area is 215 Å². The summed E-state index contributed by atoms with van der Waals surface area (Å²) in [6.07, 6.45) is -2.17. The van der Waals surface area contributed by atoms with Gasteiger partial charge in [0.05, 0.1) is 17.0 Å². The second-order valence-electron chi connectivity index (χ2n) is 8.83. The zero-order valence-corrected chi connectivity index (χ0v) is 20.3. The van der Waals surface area contributed by atoms with Crippen molar-refractivity contribution >= 4 is 34.9 Å². The van der Waals surface area contributed by atoms with Gasteiger partial charge in [-0.2, -0.15) is 13.2 Å². The van der Waals surface area contributed by atoms with E-state index in [0.717, 1.165) is 40.8 Å². The van der Waals surface area contributed by atoms with Gasteiger partial charge in [-0.05, 0) is 70.8 Å². The number of hydrogen-bond donors (Lipinski definition) is 0. The molecule has 2 heterocycles. The number of amides is 3. The summed E-state index contributed by atoms with van der Waals surface area (Å²) in [5, 5.41) is -0.550. The number of alkyl halides is 3. The van der Waals surface area contributed by atoms with E-state index >= 15 is 0 Å². The van der Waals surface area contributed by atoms with Crippen LogP contribution in [0.25, 0.3) is 6.08 Å². The van der Waals surface area contributed by atoms with Crippen LogP contribution < -0.4 is 0 Å². The van der Waals surface area contributed by atoms with Crippen molar-refractivity contribution in [2.45, 2.75) is 25.7 Å². The van der Waals surface area contributed by atoms with Gasteiger partial charge >= 0.3 is 6.18 Å². The smallest absolute Gasteiger partial charge is 0.334 e. The summed E-state index contributed by atoms with van der Waals surface area (Å²) >= 11 is 0.733. The number of fused-ring (bicyclic) bond motifs is 1. The maximum Gasteiger partial charge on any atom is 0.416 e. The first-order valence-corrected chi connectivity index (χ1v) is 12.4. The second kappa shape index (κ2) is 9.89. The van der Waals surface area contributed by atoms with Gasteiger partial charge < -0.3 is 4.90 Å². The van der Waals surface area contributed by atoms with Gasteiger partial charge in [0, 0.05) is 18.7 Å². The minimum atomic E-state index is -4.51. The highest BCUT2D eigenvalue weighted by atomic mass is 32.2. The van der Waals surface area contributed by atoms with Crippen molar-refractivity contribution in [2.75, 3.05) is 6.54 Å². The summed E-state index contributed by atoms with van der Waals surface area (Å²) in [7, 11) is 0. The van der Waals surface area contributed by atoms with E-state index < -0.39 is 22.9 Å². The molecular formula is C28H21F3N2O3S. The quantitative estimate of drug-likeness (QED) is 0.386. The summed E-state index contributed by atoms with van der Waals surface area (Å²) in [4.78, 5) is 41.1. The van der Waals surface area contributed by atoms with Crippen LogP contribution in [0, 0.1) is 0 Å². The summed E-state index contributed by atoms with van der Waals surface area (Å²) < 4.78 is 39.0. The standard InChI is InChI=1S/C28H21F3N2O3S/c29-28(30,31)23-7-3-4-19(14-23)16-33-26(35)24(37-27(33)36)15-18-8-10-21(11-9-18)25(34)32-13-12-20-5-1-2-6-22(20)17-32/h1-11,14-15H,12-13,16-17H2/b24-15-. The van der Waals surface area contributed by atoms with Gasteiger partial charge in [0.1, 0.15) is 0 Å². The number of rotatable bonds is 4. The second-order valence-corrected chi connectivity index (χ2v) is 9.83. The molecule has 0 N–H and O–H groups in total. The van der Waals surface area contributed by atoms with Crippen molar-refractivity contribution in [2.24, 2.45) is 0 Å². The van der Waals surface area contributed by atoms with E-state index in [-0.39, 0.29) is 22.9 Å². The zero-order valence-electron chi connectivity index (χ0n) is 19.5. The fourth-order valence-electron chi connectivity index (χ4n) is 4.39. The summed E-state index contributed by atoms with van der Waals surface area (Å²) in [6, 6.07) is 19.4. The first-order chi connectivity index (χ1) is 17.7. The minimum Gasteiger partial charge on any atom is -0.334 e. The number of halogens is 3. The fourth-order valence-corrected chi connectivity index (χ4v) is 5.23. The molecule has 5 nitrogen and oxygen atoms in total. The Morgan fingerprint density at radius 2 is 1.68 bits per heavy atom. The van der Waals surface area contributed by atoms with Gasteiger partial charge in [-0.15, -0.1) is 0 Å². The summed E-state index contributed by atoms with van der Waals surface area (Å²) in [6.45, 7) is 0.935. The molecule has 9 heteroatoms. The molecule has 1 fully saturated rings. The van der Waals surface area contributed by atoms with Crippen LogP contribution >= 0.6 is 11.8 Å². The Kier molecular flexibility index (Phi) is 6.64. The number of carbonyl (C=O) groups excluding carboxylic acids is 3. The number of benzene rings is 3. The number of imide groups is 1. The topological polar surface area (TPSA) is 57.7 Å². The van der Waals surface area contributed by atoms with E-state index in [1.807, 2.05) is 18.2 Å². The van der Waals surface area contributed by atoms with Gasteiger partial charge in [0.2, 0.25) is 0 Å². The molecule has 3 amide bonds. The number of nitrogens with zero attached hydrogens (tertiary/aromatic N) is 2. The molecule has 37 heavy (non-hydrogen) atoms. The van der Waals surface area contributed by atoms with Crippen LogP contribution in [0.15, 0.2) is 77.7 Å². The maximum absolute atomic E-state index is 13.0. The first kappa shape index (κ1) is 24.8. The Balaban J connectivity index is 1.27. The third-order valence-corrected chi connectivity index (χ3v) is 7.25. The van der Waals surface area contributed by atoms with Crippen LogP contribution in [0.5, 0.6) is 0 Å². The average Bonchev–Trinajstić information content (AvgIpc) is 3.15. The van der Waals surface area contributed by atoms with Crippen molar-refractivity contribution in [1.29, 1.82) is 0 Å². The maximum atomic E-state index is 13.0. The Bertz CT molecular complexity index is 1420. The van der Waals surface area contributed by atoms with Gasteiger partial charge in [0.15, 0.2) is 0 Å². The highest BCUT2D eigenvalue weighted by Crippen LogP contribution is 2.35. The molecule has 2 aliphatic rings. The number of thioether (sulfide) groups is 1. The number of hydrogen-bond acceptors (Lipinski definition) is 4. The molecule has 188 valence electrons. The molecule has 0 saturated carbocycles. The SMILES string of the molecule is O=C(c1ccc(/C=C2\SC(=O)N(Cc3cccc(C(F)(F)F)c3)C2=O)cc1)N1CCc2ccccc2C1. The minimum absolute atomic E-state index is 0.0811. The summed E-state index contributed by atoms with van der Waals surface area (Å²) in [5.74, 6) is -0.651. The molecule has 0 radical (unpaired) electrons. The largest absolute Gasteiger partial charge is 0.416 e. The zero-order chi connectivity index (χ0) is 26.2. The molecule has 0 bridgehead atoms. The van der Waals surface area contributed by atoms with E-state index in [2.05, 4.69) is 6.07 Å². The molecule has 0 spiro atoms. The lowest BCUT2D eigenvalue weighted by atomic mass is 9.99. The molecule has 0 unspecified atom stereocenters. The van der Waals surface area contributed by atoms with E-state index in [4.69, 9.17) is 0 Å². The lowest BCUT2D eigenvalue weighted by molar-refractivity contribution is -0.137. The van der Waals surface area contributed by atoms with E-state index in [1.54, 1.807) is 35.2 Å². The van der Waals surface area contributed by atoms with Crippen LogP contribution in [0.3, 0.4) is 0 Å². The van der Waals surface area contributed by atoms with Crippen LogP contribution in [0.4, 0.5) is 18.0 Å². The Hall–Kier alpha value is -3.85. The molecule has 0 aliphatic carbocycles. The molecule has 5 rings (SSSR count). The van der Waals surface area contributed by atoms with E-state index in [9.17, 15) is 27.6 Å². The van der Waals surface area contributed by atoms with Crippen LogP contribution in [-0.2, 0) is 30.5 Å². The molecule has 0 atom stereocenters. The summed E-state index contributed by atoms with van der Waals surface area (Å²) in [5.41, 5.74) is 2.92. The molecular weight excluding hydrogens is 501 g/mol. The van der Waals surface area contributed by atoms with Crippen molar-refractivity contribution < 1.29 is 27.6 Å². The molecule has 2 aliphatic heterocycles. The van der Waals surface area contributed by atoms with Gasteiger partial charge in [0.25, 0.3) is 17.1 Å². The third-order valence-electron chi connectivity index (χ3n) is 6.34. The lowest BCUT2D eigenvalue weighted by Crippen LogP contribution is -2.35. The average molecular weight is 523 g/mol. The number of carbonyl (C=O) groups is 3.